The monoisotopic (exact) mass is 255 g/mol. The number of carbonyl (C=O) groups excluding carboxylic acids is 1. The number of hydrogen-bond acceptors (Lipinski definition) is 4. The van der Waals surface area contributed by atoms with Gasteiger partial charge in [0.15, 0.2) is 0 Å². The van der Waals surface area contributed by atoms with Crippen molar-refractivity contribution >= 4 is 27.5 Å². The molecule has 0 bridgehead atoms. The highest BCUT2D eigenvalue weighted by Crippen LogP contribution is 2.25. The topological polar surface area (TPSA) is 87.3 Å². The zero-order valence-corrected chi connectivity index (χ0v) is 10.1. The first kappa shape index (κ1) is 11.7. The van der Waals surface area contributed by atoms with Crippen molar-refractivity contribution in [2.45, 2.75) is 13.3 Å². The van der Waals surface area contributed by atoms with Crippen molar-refractivity contribution in [1.82, 2.24) is 4.72 Å². The molecule has 0 radical (unpaired) electrons. The van der Waals surface area contributed by atoms with E-state index in [2.05, 4.69) is 10.0 Å². The van der Waals surface area contributed by atoms with Crippen molar-refractivity contribution in [3.05, 3.63) is 23.8 Å². The smallest absolute Gasteiger partial charge is 0.323 e. The molecule has 0 atom stereocenters. The van der Waals surface area contributed by atoms with Gasteiger partial charge in [-0.15, -0.1) is 0 Å². The van der Waals surface area contributed by atoms with Gasteiger partial charge in [-0.1, -0.05) is 0 Å². The maximum Gasteiger partial charge on any atom is 0.323 e. The highest BCUT2D eigenvalue weighted by molar-refractivity contribution is 7.91. The van der Waals surface area contributed by atoms with Gasteiger partial charge in [0.1, 0.15) is 0 Å². The highest BCUT2D eigenvalue weighted by Gasteiger charge is 2.14. The van der Waals surface area contributed by atoms with Crippen molar-refractivity contribution in [3.8, 4) is 0 Å². The zero-order valence-electron chi connectivity index (χ0n) is 9.28. The van der Waals surface area contributed by atoms with Crippen LogP contribution in [0.4, 0.5) is 11.4 Å². The van der Waals surface area contributed by atoms with E-state index in [1.807, 2.05) is 10.8 Å². The summed E-state index contributed by atoms with van der Waals surface area (Å²) in [5, 5.41) is 3.18. The number of rotatable bonds is 3. The van der Waals surface area contributed by atoms with Gasteiger partial charge in [-0.2, -0.15) is 8.42 Å². The normalized spacial score (nSPS) is 13.7. The van der Waals surface area contributed by atoms with Crippen molar-refractivity contribution in [2.75, 3.05) is 16.6 Å². The third kappa shape index (κ3) is 2.88. The van der Waals surface area contributed by atoms with E-state index in [9.17, 15) is 13.2 Å². The number of anilines is 2. The van der Waals surface area contributed by atoms with Crippen molar-refractivity contribution in [1.29, 1.82) is 0 Å². The minimum atomic E-state index is -3.82. The van der Waals surface area contributed by atoms with E-state index in [1.54, 1.807) is 12.1 Å². The molecular formula is C10H13N3O3S. The van der Waals surface area contributed by atoms with Crippen LogP contribution in [-0.2, 0) is 21.4 Å². The summed E-state index contributed by atoms with van der Waals surface area (Å²) in [4.78, 5) is 10.7. The quantitative estimate of drug-likeness (QED) is 0.731. The maximum atomic E-state index is 11.5. The molecule has 0 spiro atoms. The zero-order chi connectivity index (χ0) is 12.5. The third-order valence-electron chi connectivity index (χ3n) is 2.35. The summed E-state index contributed by atoms with van der Waals surface area (Å²) in [6.07, 6.45) is 0.866. The fourth-order valence-electron chi connectivity index (χ4n) is 1.74. The molecule has 1 aliphatic heterocycles. The summed E-state index contributed by atoms with van der Waals surface area (Å²) in [6, 6.07) is 5.22. The third-order valence-corrected chi connectivity index (χ3v) is 3.41. The van der Waals surface area contributed by atoms with Crippen LogP contribution in [0.2, 0.25) is 0 Å². The molecule has 0 saturated carbocycles. The van der Waals surface area contributed by atoms with Gasteiger partial charge in [-0.25, -0.2) is 4.72 Å². The number of nitrogens with one attached hydrogen (secondary N) is 3. The minimum Gasteiger partial charge on any atom is -0.384 e. The van der Waals surface area contributed by atoms with Gasteiger partial charge in [0.25, 0.3) is 0 Å². The summed E-state index contributed by atoms with van der Waals surface area (Å²) >= 11 is 0. The van der Waals surface area contributed by atoms with E-state index in [0.717, 1.165) is 31.1 Å². The van der Waals surface area contributed by atoms with Crippen LogP contribution in [0.3, 0.4) is 0 Å². The Morgan fingerprint density at radius 2 is 2.18 bits per heavy atom. The largest absolute Gasteiger partial charge is 0.384 e. The summed E-state index contributed by atoms with van der Waals surface area (Å²) in [5.41, 5.74) is 2.53. The van der Waals surface area contributed by atoms with Crippen LogP contribution < -0.4 is 14.8 Å². The predicted molar refractivity (Wildman–Crippen MR) is 65.0 cm³/mol. The lowest BCUT2D eigenvalue weighted by molar-refractivity contribution is -0.117. The van der Waals surface area contributed by atoms with Gasteiger partial charge in [0.05, 0.1) is 5.69 Å². The second kappa shape index (κ2) is 4.25. The lowest BCUT2D eigenvalue weighted by Gasteiger charge is -2.09. The second-order valence-corrected chi connectivity index (χ2v) is 5.23. The van der Waals surface area contributed by atoms with E-state index in [4.69, 9.17) is 0 Å². The molecule has 0 saturated heterocycles. The average Bonchev–Trinajstić information content (AvgIpc) is 2.61. The fourth-order valence-corrected chi connectivity index (χ4v) is 2.60. The molecule has 3 N–H and O–H groups in total. The molecule has 0 aromatic heterocycles. The van der Waals surface area contributed by atoms with Gasteiger partial charge < -0.3 is 5.32 Å². The molecule has 1 amide bonds. The van der Waals surface area contributed by atoms with E-state index in [0.29, 0.717) is 5.69 Å². The van der Waals surface area contributed by atoms with Crippen LogP contribution >= 0.6 is 0 Å². The average molecular weight is 255 g/mol. The van der Waals surface area contributed by atoms with Gasteiger partial charge in [0, 0.05) is 19.2 Å². The van der Waals surface area contributed by atoms with Gasteiger partial charge in [0.2, 0.25) is 5.91 Å². The van der Waals surface area contributed by atoms with Crippen LogP contribution in [0.15, 0.2) is 18.2 Å². The molecular weight excluding hydrogens is 242 g/mol. The Morgan fingerprint density at radius 1 is 1.41 bits per heavy atom. The molecule has 1 aliphatic rings. The van der Waals surface area contributed by atoms with E-state index < -0.39 is 16.1 Å². The van der Waals surface area contributed by atoms with Crippen molar-refractivity contribution in [2.24, 2.45) is 0 Å². The first-order valence-electron chi connectivity index (χ1n) is 5.14. The standard InChI is InChI=1S/C10H13N3O3S/c1-7(14)12-17(15,16)13-9-2-3-10-8(6-9)4-5-11-10/h2-3,6,11,13H,4-5H2,1H3,(H,12,14). The Balaban J connectivity index is 2.17. The van der Waals surface area contributed by atoms with Crippen LogP contribution in [0.5, 0.6) is 0 Å². The molecule has 7 heteroatoms. The lowest BCUT2D eigenvalue weighted by atomic mass is 10.1. The Kier molecular flexibility index (Phi) is 2.93. The Bertz CT molecular complexity index is 554. The highest BCUT2D eigenvalue weighted by atomic mass is 32.2. The fraction of sp³-hybridized carbons (Fsp3) is 0.300. The van der Waals surface area contributed by atoms with E-state index in [-0.39, 0.29) is 0 Å². The molecule has 0 unspecified atom stereocenters. The number of fused-ring (bicyclic) bond motifs is 1. The maximum absolute atomic E-state index is 11.5. The summed E-state index contributed by atoms with van der Waals surface area (Å²) in [6.45, 7) is 2.00. The van der Waals surface area contributed by atoms with Crippen LogP contribution in [0.25, 0.3) is 0 Å². The summed E-state index contributed by atoms with van der Waals surface area (Å²) in [5.74, 6) is -0.625. The van der Waals surface area contributed by atoms with Gasteiger partial charge >= 0.3 is 10.2 Å². The number of hydrogen-bond donors (Lipinski definition) is 3. The minimum absolute atomic E-state index is 0.446. The Labute approximate surface area is 99.6 Å². The van der Waals surface area contributed by atoms with Crippen LogP contribution in [0, 0.1) is 0 Å². The SMILES string of the molecule is CC(=O)NS(=O)(=O)Nc1ccc2c(c1)CCN2. The summed E-state index contributed by atoms with van der Waals surface area (Å²) in [7, 11) is -3.82. The first-order valence-corrected chi connectivity index (χ1v) is 6.62. The molecule has 1 aromatic rings. The number of benzene rings is 1. The summed E-state index contributed by atoms with van der Waals surface area (Å²) < 4.78 is 27.0. The Morgan fingerprint density at radius 3 is 2.88 bits per heavy atom. The van der Waals surface area contributed by atoms with Crippen molar-refractivity contribution in [3.63, 3.8) is 0 Å². The number of amides is 1. The molecule has 0 fully saturated rings. The van der Waals surface area contributed by atoms with Crippen LogP contribution in [-0.4, -0.2) is 20.9 Å². The van der Waals surface area contributed by atoms with Gasteiger partial charge in [-0.05, 0) is 30.2 Å². The molecule has 6 nitrogen and oxygen atoms in total. The number of carbonyl (C=O) groups is 1. The van der Waals surface area contributed by atoms with Crippen LogP contribution in [0.1, 0.15) is 12.5 Å². The van der Waals surface area contributed by atoms with E-state index in [1.165, 1.54) is 0 Å². The second-order valence-electron chi connectivity index (χ2n) is 3.81. The van der Waals surface area contributed by atoms with E-state index >= 15 is 0 Å². The molecule has 2 rings (SSSR count). The predicted octanol–water partition coefficient (Wildman–Crippen LogP) is 0.447. The van der Waals surface area contributed by atoms with Gasteiger partial charge in [-0.3, -0.25) is 9.52 Å². The molecule has 92 valence electrons. The molecule has 0 aliphatic carbocycles. The lowest BCUT2D eigenvalue weighted by Crippen LogP contribution is -2.33. The molecule has 1 aromatic carbocycles. The molecule has 17 heavy (non-hydrogen) atoms. The van der Waals surface area contributed by atoms with Crippen molar-refractivity contribution < 1.29 is 13.2 Å². The first-order chi connectivity index (χ1) is 7.96. The Hall–Kier alpha value is -1.76. The molecule has 1 heterocycles.